The molecule has 0 rings (SSSR count). The van der Waals surface area contributed by atoms with Gasteiger partial charge >= 0.3 is 5.97 Å². The van der Waals surface area contributed by atoms with Crippen LogP contribution in [0.4, 0.5) is 0 Å². The summed E-state index contributed by atoms with van der Waals surface area (Å²) in [6.07, 6.45) is -0.452. The molecule has 0 aromatic heterocycles. The largest absolute Gasteiger partial charge is 0.480 e. The first kappa shape index (κ1) is 16.6. The van der Waals surface area contributed by atoms with Gasteiger partial charge in [-0.05, 0) is 31.0 Å². The summed E-state index contributed by atoms with van der Waals surface area (Å²) in [5, 5.41) is 8.94. The van der Waals surface area contributed by atoms with Crippen molar-refractivity contribution in [1.82, 2.24) is 0 Å². The molecule has 0 fully saturated rings. The van der Waals surface area contributed by atoms with E-state index in [9.17, 15) is 4.79 Å². The Balaban J connectivity index is 4.82. The van der Waals surface area contributed by atoms with E-state index in [0.717, 1.165) is 0 Å². The van der Waals surface area contributed by atoms with Crippen molar-refractivity contribution in [2.24, 2.45) is 11.7 Å². The van der Waals surface area contributed by atoms with Crippen LogP contribution in [0.25, 0.3) is 0 Å². The molecule has 3 N–H and O–H groups in total. The van der Waals surface area contributed by atoms with E-state index in [1.165, 1.54) is 0 Å². The molecule has 0 spiro atoms. The van der Waals surface area contributed by atoms with E-state index in [1.54, 1.807) is 6.92 Å². The average Bonchev–Trinajstić information content (AvgIpc) is 2.14. The molecule has 5 heteroatoms. The monoisotopic (exact) mass is 261 g/mol. The van der Waals surface area contributed by atoms with Gasteiger partial charge in [-0.3, -0.25) is 4.79 Å². The number of carboxylic acid groups (broad SMARTS) is 1. The van der Waals surface area contributed by atoms with Crippen LogP contribution in [0.5, 0.6) is 0 Å². The number of rotatable bonds is 6. The Hall–Kier alpha value is -0.393. The molecule has 0 aromatic carbocycles. The second-order valence-corrected chi connectivity index (χ2v) is 10.6. The molecule has 0 heterocycles. The Morgan fingerprint density at radius 3 is 2.00 bits per heavy atom. The Morgan fingerprint density at radius 1 is 1.29 bits per heavy atom. The number of hydrogen-bond acceptors (Lipinski definition) is 3. The zero-order valence-corrected chi connectivity index (χ0v) is 13.1. The van der Waals surface area contributed by atoms with Crippen LogP contribution in [0.1, 0.15) is 34.6 Å². The molecule has 17 heavy (non-hydrogen) atoms. The predicted molar refractivity (Wildman–Crippen MR) is 72.5 cm³/mol. The molecule has 4 nitrogen and oxygen atoms in total. The maximum Gasteiger partial charge on any atom is 0.323 e. The lowest BCUT2D eigenvalue weighted by molar-refractivity contribution is -0.140. The van der Waals surface area contributed by atoms with E-state index in [0.29, 0.717) is 5.92 Å². The summed E-state index contributed by atoms with van der Waals surface area (Å²) in [4.78, 5) is 10.8. The highest BCUT2D eigenvalue weighted by atomic mass is 28.4. The molecule has 0 radical (unpaired) electrons. The SMILES string of the molecule is CC(C)C(C)(C)[Si](C)(C)O[C@H](C)[C@H](N)C(=O)O. The number of nitrogens with two attached hydrogens (primary N) is 1. The third kappa shape index (κ3) is 3.79. The van der Waals surface area contributed by atoms with E-state index in [2.05, 4.69) is 40.8 Å². The zero-order valence-electron chi connectivity index (χ0n) is 12.1. The normalized spacial score (nSPS) is 17.0. The summed E-state index contributed by atoms with van der Waals surface area (Å²) < 4.78 is 6.02. The molecule has 0 aliphatic carbocycles. The lowest BCUT2D eigenvalue weighted by Crippen LogP contribution is -2.52. The second-order valence-electron chi connectivity index (χ2n) is 6.07. The van der Waals surface area contributed by atoms with Crippen molar-refractivity contribution in [3.05, 3.63) is 0 Å². The quantitative estimate of drug-likeness (QED) is 0.720. The van der Waals surface area contributed by atoms with Crippen molar-refractivity contribution in [3.63, 3.8) is 0 Å². The van der Waals surface area contributed by atoms with Gasteiger partial charge in [0.2, 0.25) is 0 Å². The third-order valence-electron chi connectivity index (χ3n) is 4.27. The van der Waals surface area contributed by atoms with Gasteiger partial charge in [-0.25, -0.2) is 0 Å². The number of carboxylic acids is 1. The van der Waals surface area contributed by atoms with Crippen LogP contribution in [-0.4, -0.2) is 31.5 Å². The molecule has 0 bridgehead atoms. The highest BCUT2D eigenvalue weighted by Gasteiger charge is 2.45. The molecule has 0 amide bonds. The fraction of sp³-hybridized carbons (Fsp3) is 0.917. The van der Waals surface area contributed by atoms with E-state index >= 15 is 0 Å². The average molecular weight is 261 g/mol. The number of hydrogen-bond donors (Lipinski definition) is 2. The Labute approximate surface area is 106 Å². The van der Waals surface area contributed by atoms with Crippen LogP contribution >= 0.6 is 0 Å². The highest BCUT2D eigenvalue weighted by Crippen LogP contribution is 2.45. The fourth-order valence-corrected chi connectivity index (χ4v) is 4.36. The molecule has 0 saturated heterocycles. The molecule has 2 atom stereocenters. The van der Waals surface area contributed by atoms with Gasteiger partial charge in [-0.1, -0.05) is 27.7 Å². The third-order valence-corrected chi connectivity index (χ3v) is 8.91. The fourth-order valence-electron chi connectivity index (χ4n) is 1.59. The summed E-state index contributed by atoms with van der Waals surface area (Å²) in [6, 6.07) is -0.954. The van der Waals surface area contributed by atoms with Gasteiger partial charge in [0.1, 0.15) is 6.04 Å². The van der Waals surface area contributed by atoms with Gasteiger partial charge in [0.25, 0.3) is 0 Å². The topological polar surface area (TPSA) is 72.5 Å². The summed E-state index contributed by atoms with van der Waals surface area (Å²) in [5.74, 6) is -0.526. The minimum Gasteiger partial charge on any atom is -0.480 e. The molecular formula is C12H27NO3Si. The van der Waals surface area contributed by atoms with Crippen LogP contribution in [0, 0.1) is 5.92 Å². The molecule has 102 valence electrons. The Kier molecular flexibility index (Phi) is 5.37. The first-order valence-corrected chi connectivity index (χ1v) is 9.00. The summed E-state index contributed by atoms with van der Waals surface area (Å²) in [5.41, 5.74) is 5.58. The number of carbonyl (C=O) groups is 1. The van der Waals surface area contributed by atoms with Crippen molar-refractivity contribution in [2.45, 2.75) is 64.9 Å². The zero-order chi connectivity index (χ0) is 14.0. The molecular weight excluding hydrogens is 234 g/mol. The van der Waals surface area contributed by atoms with Crippen molar-refractivity contribution < 1.29 is 14.3 Å². The van der Waals surface area contributed by atoms with E-state index in [1.807, 2.05) is 0 Å². The lowest BCUT2D eigenvalue weighted by atomic mass is 9.99. The molecule has 0 saturated carbocycles. The molecule has 0 unspecified atom stereocenters. The van der Waals surface area contributed by atoms with Crippen LogP contribution in [0.2, 0.25) is 18.1 Å². The number of aliphatic carboxylic acids is 1. The Morgan fingerprint density at radius 2 is 1.71 bits per heavy atom. The van der Waals surface area contributed by atoms with E-state index < -0.39 is 26.4 Å². The summed E-state index contributed by atoms with van der Waals surface area (Å²) >= 11 is 0. The maximum atomic E-state index is 10.8. The van der Waals surface area contributed by atoms with Gasteiger partial charge in [0.05, 0.1) is 6.10 Å². The standard InChI is InChI=1S/C12H27NO3Si/c1-8(2)12(4,5)17(6,7)16-9(3)10(13)11(14)15/h8-10H,13H2,1-7H3,(H,14,15)/t9-,10+/m1/s1. The lowest BCUT2D eigenvalue weighted by Gasteiger charge is -2.44. The molecule has 0 aliphatic heterocycles. The van der Waals surface area contributed by atoms with E-state index in [-0.39, 0.29) is 5.04 Å². The Bertz CT molecular complexity index is 277. The van der Waals surface area contributed by atoms with E-state index in [4.69, 9.17) is 15.3 Å². The summed E-state index contributed by atoms with van der Waals surface area (Å²) in [6.45, 7) is 14.7. The van der Waals surface area contributed by atoms with Crippen molar-refractivity contribution in [3.8, 4) is 0 Å². The first-order chi connectivity index (χ1) is 7.43. The summed E-state index contributed by atoms with van der Waals surface area (Å²) in [7, 11) is -2.01. The van der Waals surface area contributed by atoms with Crippen LogP contribution in [0.3, 0.4) is 0 Å². The predicted octanol–water partition coefficient (Wildman–Crippen LogP) is 2.44. The molecule has 0 aromatic rings. The smallest absolute Gasteiger partial charge is 0.323 e. The van der Waals surface area contributed by atoms with Crippen LogP contribution in [0.15, 0.2) is 0 Å². The van der Waals surface area contributed by atoms with Crippen molar-refractivity contribution in [2.75, 3.05) is 0 Å². The van der Waals surface area contributed by atoms with Gasteiger partial charge in [-0.2, -0.15) is 0 Å². The van der Waals surface area contributed by atoms with Gasteiger partial charge < -0.3 is 15.3 Å². The second kappa shape index (κ2) is 5.50. The minimum atomic E-state index is -2.01. The van der Waals surface area contributed by atoms with Gasteiger partial charge in [-0.15, -0.1) is 0 Å². The first-order valence-electron chi connectivity index (χ1n) is 6.09. The van der Waals surface area contributed by atoms with Crippen LogP contribution < -0.4 is 5.73 Å². The minimum absolute atomic E-state index is 0.0689. The van der Waals surface area contributed by atoms with Crippen molar-refractivity contribution in [1.29, 1.82) is 0 Å². The van der Waals surface area contributed by atoms with Gasteiger partial charge in [0.15, 0.2) is 8.32 Å². The van der Waals surface area contributed by atoms with Crippen molar-refractivity contribution >= 4 is 14.3 Å². The maximum absolute atomic E-state index is 10.8. The highest BCUT2D eigenvalue weighted by molar-refractivity contribution is 6.74. The van der Waals surface area contributed by atoms with Crippen LogP contribution in [-0.2, 0) is 9.22 Å². The molecule has 0 aliphatic rings. The van der Waals surface area contributed by atoms with Gasteiger partial charge in [0, 0.05) is 0 Å².